The Morgan fingerprint density at radius 2 is 1.81 bits per heavy atom. The summed E-state index contributed by atoms with van der Waals surface area (Å²) < 4.78 is 1.92. The molecule has 0 saturated carbocycles. The SMILES string of the molecule is CCN(CC)c1ccc(-c2nnc(Sc3ccc(Cl)c(C#N)n3)n2C)cc1. The summed E-state index contributed by atoms with van der Waals surface area (Å²) in [4.78, 5) is 6.53. The van der Waals surface area contributed by atoms with Crippen LogP contribution in [-0.2, 0) is 7.05 Å². The summed E-state index contributed by atoms with van der Waals surface area (Å²) in [6.45, 7) is 6.23. The van der Waals surface area contributed by atoms with Gasteiger partial charge in [0.05, 0.1) is 5.02 Å². The molecule has 0 amide bonds. The number of nitrogens with zero attached hydrogens (tertiary/aromatic N) is 6. The van der Waals surface area contributed by atoms with Gasteiger partial charge in [0.25, 0.3) is 0 Å². The summed E-state index contributed by atoms with van der Waals surface area (Å²) in [5.74, 6) is 0.776. The Kier molecular flexibility index (Phi) is 5.99. The first-order valence-electron chi connectivity index (χ1n) is 8.56. The molecule has 2 aromatic heterocycles. The lowest BCUT2D eigenvalue weighted by Gasteiger charge is -2.21. The monoisotopic (exact) mass is 398 g/mol. The molecule has 138 valence electrons. The first-order valence-corrected chi connectivity index (χ1v) is 9.76. The summed E-state index contributed by atoms with van der Waals surface area (Å²) in [5, 5.41) is 19.3. The van der Waals surface area contributed by atoms with Crippen LogP contribution in [0.25, 0.3) is 11.4 Å². The number of rotatable bonds is 6. The number of nitriles is 1. The Labute approximate surface area is 167 Å². The number of anilines is 1. The van der Waals surface area contributed by atoms with Crippen LogP contribution in [0.15, 0.2) is 46.6 Å². The number of hydrogen-bond acceptors (Lipinski definition) is 6. The van der Waals surface area contributed by atoms with Crippen molar-refractivity contribution in [2.75, 3.05) is 18.0 Å². The molecule has 8 heteroatoms. The second-order valence-corrected chi connectivity index (χ2v) is 7.17. The van der Waals surface area contributed by atoms with Gasteiger partial charge in [0.15, 0.2) is 16.7 Å². The fourth-order valence-corrected chi connectivity index (χ4v) is 3.63. The summed E-state index contributed by atoms with van der Waals surface area (Å²) in [5.41, 5.74) is 2.39. The molecule has 0 spiro atoms. The van der Waals surface area contributed by atoms with Crippen LogP contribution in [0.1, 0.15) is 19.5 Å². The van der Waals surface area contributed by atoms with Crippen LogP contribution in [0, 0.1) is 11.3 Å². The van der Waals surface area contributed by atoms with Gasteiger partial charge in [0.1, 0.15) is 11.1 Å². The van der Waals surface area contributed by atoms with E-state index in [9.17, 15) is 0 Å². The predicted molar refractivity (Wildman–Crippen MR) is 108 cm³/mol. The van der Waals surface area contributed by atoms with E-state index in [2.05, 4.69) is 58.2 Å². The second-order valence-electron chi connectivity index (χ2n) is 5.78. The van der Waals surface area contributed by atoms with Gasteiger partial charge >= 0.3 is 0 Å². The molecule has 0 fully saturated rings. The van der Waals surface area contributed by atoms with Gasteiger partial charge in [-0.1, -0.05) is 11.6 Å². The zero-order valence-electron chi connectivity index (χ0n) is 15.3. The molecule has 0 saturated heterocycles. The molecular weight excluding hydrogens is 380 g/mol. The van der Waals surface area contributed by atoms with Gasteiger partial charge < -0.3 is 9.47 Å². The Morgan fingerprint density at radius 3 is 2.44 bits per heavy atom. The van der Waals surface area contributed by atoms with E-state index in [1.807, 2.05) is 17.7 Å². The highest BCUT2D eigenvalue weighted by Gasteiger charge is 2.14. The van der Waals surface area contributed by atoms with Crippen LogP contribution in [0.2, 0.25) is 5.02 Å². The maximum absolute atomic E-state index is 9.07. The van der Waals surface area contributed by atoms with Crippen molar-refractivity contribution in [3.63, 3.8) is 0 Å². The quantitative estimate of drug-likeness (QED) is 0.612. The third kappa shape index (κ3) is 4.07. The Hall–Kier alpha value is -2.56. The van der Waals surface area contributed by atoms with Crippen molar-refractivity contribution in [3.05, 3.63) is 47.1 Å². The molecule has 3 aromatic rings. The van der Waals surface area contributed by atoms with E-state index >= 15 is 0 Å². The van der Waals surface area contributed by atoms with Gasteiger partial charge in [-0.3, -0.25) is 0 Å². The number of pyridine rings is 1. The molecule has 1 aromatic carbocycles. The molecule has 6 nitrogen and oxygen atoms in total. The van der Waals surface area contributed by atoms with Crippen LogP contribution in [0.4, 0.5) is 5.69 Å². The average molecular weight is 399 g/mol. The van der Waals surface area contributed by atoms with E-state index in [0.717, 1.165) is 24.5 Å². The van der Waals surface area contributed by atoms with Crippen LogP contribution in [-0.4, -0.2) is 32.8 Å². The maximum atomic E-state index is 9.07. The first-order chi connectivity index (χ1) is 13.1. The van der Waals surface area contributed by atoms with Crippen molar-refractivity contribution in [1.82, 2.24) is 19.7 Å². The topological polar surface area (TPSA) is 70.6 Å². The number of halogens is 1. The van der Waals surface area contributed by atoms with Crippen molar-refractivity contribution in [2.45, 2.75) is 24.0 Å². The molecule has 27 heavy (non-hydrogen) atoms. The minimum Gasteiger partial charge on any atom is -0.372 e. The lowest BCUT2D eigenvalue weighted by atomic mass is 10.2. The molecule has 0 aliphatic heterocycles. The summed E-state index contributed by atoms with van der Waals surface area (Å²) >= 11 is 7.28. The highest BCUT2D eigenvalue weighted by molar-refractivity contribution is 7.99. The largest absolute Gasteiger partial charge is 0.372 e. The summed E-state index contributed by atoms with van der Waals surface area (Å²) in [7, 11) is 1.91. The zero-order chi connectivity index (χ0) is 19.4. The van der Waals surface area contributed by atoms with Gasteiger partial charge in [0, 0.05) is 31.4 Å². The van der Waals surface area contributed by atoms with Crippen LogP contribution in [0.3, 0.4) is 0 Å². The van der Waals surface area contributed by atoms with Gasteiger partial charge in [0.2, 0.25) is 0 Å². The molecule has 0 N–H and O–H groups in total. The lowest BCUT2D eigenvalue weighted by molar-refractivity contribution is 0.792. The lowest BCUT2D eigenvalue weighted by Crippen LogP contribution is -2.21. The molecule has 0 aliphatic rings. The van der Waals surface area contributed by atoms with Gasteiger partial charge in [-0.05, 0) is 62.0 Å². The highest BCUT2D eigenvalue weighted by Crippen LogP contribution is 2.29. The van der Waals surface area contributed by atoms with Crippen molar-refractivity contribution in [2.24, 2.45) is 7.05 Å². The van der Waals surface area contributed by atoms with Crippen LogP contribution < -0.4 is 4.90 Å². The number of aromatic nitrogens is 4. The minimum absolute atomic E-state index is 0.205. The average Bonchev–Trinajstić information content (AvgIpc) is 3.05. The zero-order valence-corrected chi connectivity index (χ0v) is 16.9. The van der Waals surface area contributed by atoms with E-state index in [1.54, 1.807) is 12.1 Å². The van der Waals surface area contributed by atoms with Crippen LogP contribution in [0.5, 0.6) is 0 Å². The third-order valence-corrected chi connectivity index (χ3v) is 5.49. The fourth-order valence-electron chi connectivity index (χ4n) is 2.72. The molecule has 0 radical (unpaired) electrons. The normalized spacial score (nSPS) is 10.6. The van der Waals surface area contributed by atoms with E-state index < -0.39 is 0 Å². The second kappa shape index (κ2) is 8.42. The number of hydrogen-bond donors (Lipinski definition) is 0. The molecular formula is C19H19ClN6S. The van der Waals surface area contributed by atoms with Gasteiger partial charge in [-0.15, -0.1) is 10.2 Å². The molecule has 2 heterocycles. The molecule has 0 atom stereocenters. The smallest absolute Gasteiger partial charge is 0.197 e. The Balaban J connectivity index is 1.84. The Bertz CT molecular complexity index is 973. The van der Waals surface area contributed by atoms with Crippen LogP contribution >= 0.6 is 23.4 Å². The van der Waals surface area contributed by atoms with Gasteiger partial charge in [-0.25, -0.2) is 4.98 Å². The molecule has 0 unspecified atom stereocenters. The van der Waals surface area contributed by atoms with Crippen molar-refractivity contribution < 1.29 is 0 Å². The standard InChI is InChI=1S/C19H19ClN6S/c1-4-26(5-2)14-8-6-13(7-9-14)18-23-24-19(25(18)3)27-17-11-10-15(20)16(12-21)22-17/h6-11H,4-5H2,1-3H3. The van der Waals surface area contributed by atoms with Crippen molar-refractivity contribution in [1.29, 1.82) is 5.26 Å². The van der Waals surface area contributed by atoms with E-state index in [4.69, 9.17) is 16.9 Å². The van der Waals surface area contributed by atoms with Crippen molar-refractivity contribution in [3.8, 4) is 17.5 Å². The molecule has 3 rings (SSSR count). The van der Waals surface area contributed by atoms with Gasteiger partial charge in [-0.2, -0.15) is 5.26 Å². The molecule has 0 aliphatic carbocycles. The number of benzene rings is 1. The predicted octanol–water partition coefficient (Wildman–Crippen LogP) is 4.40. The highest BCUT2D eigenvalue weighted by atomic mass is 35.5. The fraction of sp³-hybridized carbons (Fsp3) is 0.263. The summed E-state index contributed by atoms with van der Waals surface area (Å²) in [6.07, 6.45) is 0. The molecule has 0 bridgehead atoms. The van der Waals surface area contributed by atoms with E-state index in [0.29, 0.717) is 15.2 Å². The van der Waals surface area contributed by atoms with Crippen molar-refractivity contribution >= 4 is 29.1 Å². The maximum Gasteiger partial charge on any atom is 0.197 e. The summed E-state index contributed by atoms with van der Waals surface area (Å²) in [6, 6.07) is 13.7. The van der Waals surface area contributed by atoms with E-state index in [-0.39, 0.29) is 5.69 Å². The third-order valence-electron chi connectivity index (χ3n) is 4.21. The first kappa shape index (κ1) is 19.2. The Morgan fingerprint density at radius 1 is 1.11 bits per heavy atom. The minimum atomic E-state index is 0.205. The van der Waals surface area contributed by atoms with E-state index in [1.165, 1.54) is 17.4 Å².